The van der Waals surface area contributed by atoms with Crippen molar-refractivity contribution in [3.63, 3.8) is 0 Å². The molecule has 0 unspecified atom stereocenters. The molecule has 1 atom stereocenters. The maximum absolute atomic E-state index is 13.5. The smallest absolute Gasteiger partial charge is 0.256 e. The van der Waals surface area contributed by atoms with E-state index in [4.69, 9.17) is 27.9 Å². The van der Waals surface area contributed by atoms with E-state index in [0.717, 1.165) is 58.0 Å². The maximum atomic E-state index is 13.5. The number of likely N-dealkylation sites (tertiary alicyclic amines) is 1. The van der Waals surface area contributed by atoms with Crippen molar-refractivity contribution < 1.29 is 14.3 Å². The summed E-state index contributed by atoms with van der Waals surface area (Å²) in [5.74, 6) is -0.200. The lowest BCUT2D eigenvalue weighted by Gasteiger charge is -2.42. The van der Waals surface area contributed by atoms with Gasteiger partial charge in [-0.15, -0.1) is 0 Å². The fourth-order valence-electron chi connectivity index (χ4n) is 4.58. The van der Waals surface area contributed by atoms with E-state index >= 15 is 0 Å². The fraction of sp³-hybridized carbons (Fsp3) is 0.600. The second kappa shape index (κ2) is 7.61. The Labute approximate surface area is 169 Å². The molecule has 5 nitrogen and oxygen atoms in total. The molecule has 1 aromatic rings. The molecule has 1 saturated carbocycles. The summed E-state index contributed by atoms with van der Waals surface area (Å²) in [6.07, 6.45) is 6.69. The fourth-order valence-corrected chi connectivity index (χ4v) is 4.87. The van der Waals surface area contributed by atoms with Gasteiger partial charge in [-0.1, -0.05) is 29.6 Å². The van der Waals surface area contributed by atoms with Gasteiger partial charge >= 0.3 is 0 Å². The highest BCUT2D eigenvalue weighted by molar-refractivity contribution is 6.42. The normalized spacial score (nSPS) is 24.6. The lowest BCUT2D eigenvalue weighted by atomic mass is 9.89. The van der Waals surface area contributed by atoms with Crippen LogP contribution in [0.4, 0.5) is 0 Å². The van der Waals surface area contributed by atoms with Gasteiger partial charge in [0.15, 0.2) is 0 Å². The van der Waals surface area contributed by atoms with Gasteiger partial charge in [-0.2, -0.15) is 0 Å². The molecule has 0 bridgehead atoms. The first kappa shape index (κ1) is 19.0. The van der Waals surface area contributed by atoms with E-state index in [-0.39, 0.29) is 18.4 Å². The molecule has 0 radical (unpaired) electrons. The summed E-state index contributed by atoms with van der Waals surface area (Å²) in [5, 5.41) is 0.741. The van der Waals surface area contributed by atoms with Crippen LogP contribution in [0.5, 0.6) is 0 Å². The van der Waals surface area contributed by atoms with Gasteiger partial charge in [0.2, 0.25) is 5.91 Å². The number of hydrogen-bond acceptors (Lipinski definition) is 3. The molecule has 1 spiro atoms. The van der Waals surface area contributed by atoms with Gasteiger partial charge in [0, 0.05) is 18.7 Å². The topological polar surface area (TPSA) is 49.9 Å². The minimum Gasteiger partial charge on any atom is -0.353 e. The number of amides is 2. The molecule has 1 aliphatic carbocycles. The number of ether oxygens (including phenoxy) is 1. The van der Waals surface area contributed by atoms with Crippen LogP contribution in [0, 0.1) is 0 Å². The standard InChI is InChI=1S/C20H24Cl2N2O3/c21-15-7-6-14(12-16(15)22)18(25)24-17(19(26)23-10-4-5-11-23)13-27-20(24)8-2-1-3-9-20/h6-7,12,17H,1-5,8-11,13H2/t17-/m0/s1. The molecule has 4 rings (SSSR count). The third-order valence-electron chi connectivity index (χ3n) is 5.98. The summed E-state index contributed by atoms with van der Waals surface area (Å²) >= 11 is 12.1. The first-order valence-electron chi connectivity index (χ1n) is 9.73. The van der Waals surface area contributed by atoms with E-state index in [2.05, 4.69) is 0 Å². The van der Waals surface area contributed by atoms with Crippen LogP contribution < -0.4 is 0 Å². The zero-order valence-electron chi connectivity index (χ0n) is 15.3. The van der Waals surface area contributed by atoms with Crippen molar-refractivity contribution in [2.24, 2.45) is 0 Å². The average Bonchev–Trinajstić information content (AvgIpc) is 3.32. The highest BCUT2D eigenvalue weighted by Crippen LogP contribution is 2.42. The Bertz CT molecular complexity index is 743. The number of nitrogens with zero attached hydrogens (tertiary/aromatic N) is 2. The van der Waals surface area contributed by atoms with E-state index in [1.807, 2.05) is 4.90 Å². The van der Waals surface area contributed by atoms with Gasteiger partial charge in [-0.3, -0.25) is 14.5 Å². The molecule has 146 valence electrons. The molecule has 0 aromatic heterocycles. The Morgan fingerprint density at radius 1 is 1.00 bits per heavy atom. The number of hydrogen-bond donors (Lipinski definition) is 0. The van der Waals surface area contributed by atoms with Crippen LogP contribution >= 0.6 is 23.2 Å². The minimum atomic E-state index is -0.679. The highest BCUT2D eigenvalue weighted by Gasteiger charge is 2.53. The van der Waals surface area contributed by atoms with Gasteiger partial charge in [-0.25, -0.2) is 0 Å². The molecule has 7 heteroatoms. The van der Waals surface area contributed by atoms with Crippen LogP contribution in [0.15, 0.2) is 18.2 Å². The summed E-state index contributed by atoms with van der Waals surface area (Å²) in [6.45, 7) is 1.79. The highest BCUT2D eigenvalue weighted by atomic mass is 35.5. The first-order valence-corrected chi connectivity index (χ1v) is 10.5. The SMILES string of the molecule is O=C([C@@H]1COC2(CCCCC2)N1C(=O)c1ccc(Cl)c(Cl)c1)N1CCCC1. The van der Waals surface area contributed by atoms with Crippen LogP contribution in [-0.2, 0) is 9.53 Å². The van der Waals surface area contributed by atoms with Gasteiger partial charge in [0.25, 0.3) is 5.91 Å². The largest absolute Gasteiger partial charge is 0.353 e. The van der Waals surface area contributed by atoms with Crippen molar-refractivity contribution >= 4 is 35.0 Å². The van der Waals surface area contributed by atoms with E-state index in [1.165, 1.54) is 0 Å². The van der Waals surface area contributed by atoms with Crippen LogP contribution in [0.25, 0.3) is 0 Å². The molecule has 0 N–H and O–H groups in total. The third kappa shape index (κ3) is 3.45. The first-order chi connectivity index (χ1) is 13.0. The Kier molecular flexibility index (Phi) is 5.36. The van der Waals surface area contributed by atoms with Gasteiger partial charge in [0.05, 0.1) is 16.7 Å². The average molecular weight is 411 g/mol. The van der Waals surface area contributed by atoms with Crippen LogP contribution in [0.2, 0.25) is 10.0 Å². The van der Waals surface area contributed by atoms with Crippen molar-refractivity contribution in [1.29, 1.82) is 0 Å². The van der Waals surface area contributed by atoms with Crippen LogP contribution in [-0.4, -0.2) is 53.1 Å². The molecule has 3 aliphatic rings. The summed E-state index contributed by atoms with van der Waals surface area (Å²) in [6, 6.07) is 4.31. The van der Waals surface area contributed by atoms with Crippen molar-refractivity contribution in [2.75, 3.05) is 19.7 Å². The summed E-state index contributed by atoms with van der Waals surface area (Å²) in [7, 11) is 0. The Morgan fingerprint density at radius 2 is 1.70 bits per heavy atom. The monoisotopic (exact) mass is 410 g/mol. The molecule has 2 saturated heterocycles. The predicted molar refractivity (Wildman–Crippen MR) is 104 cm³/mol. The predicted octanol–water partition coefficient (Wildman–Crippen LogP) is 4.12. The quantitative estimate of drug-likeness (QED) is 0.736. The van der Waals surface area contributed by atoms with Crippen molar-refractivity contribution in [2.45, 2.75) is 56.7 Å². The van der Waals surface area contributed by atoms with Crippen LogP contribution in [0.1, 0.15) is 55.3 Å². The number of benzene rings is 1. The van der Waals surface area contributed by atoms with E-state index < -0.39 is 11.8 Å². The molecule has 2 aliphatic heterocycles. The summed E-state index contributed by atoms with van der Waals surface area (Å²) in [4.78, 5) is 30.2. The summed E-state index contributed by atoms with van der Waals surface area (Å²) in [5.41, 5.74) is -0.235. The maximum Gasteiger partial charge on any atom is 0.256 e. The lowest BCUT2D eigenvalue weighted by Crippen LogP contribution is -2.56. The number of carbonyl (C=O) groups is 2. The number of rotatable bonds is 2. The van der Waals surface area contributed by atoms with Gasteiger partial charge in [-0.05, 0) is 56.7 Å². The molecule has 1 aromatic carbocycles. The molecular weight excluding hydrogens is 387 g/mol. The second-order valence-electron chi connectivity index (χ2n) is 7.67. The third-order valence-corrected chi connectivity index (χ3v) is 6.72. The molecular formula is C20H24Cl2N2O3. The van der Waals surface area contributed by atoms with Crippen molar-refractivity contribution in [1.82, 2.24) is 9.80 Å². The van der Waals surface area contributed by atoms with Crippen molar-refractivity contribution in [3.8, 4) is 0 Å². The zero-order valence-corrected chi connectivity index (χ0v) is 16.8. The van der Waals surface area contributed by atoms with Gasteiger partial charge < -0.3 is 9.64 Å². The molecule has 3 fully saturated rings. The number of halogens is 2. The second-order valence-corrected chi connectivity index (χ2v) is 8.48. The lowest BCUT2D eigenvalue weighted by molar-refractivity contribution is -0.136. The zero-order chi connectivity index (χ0) is 19.0. The number of carbonyl (C=O) groups excluding carboxylic acids is 2. The minimum absolute atomic E-state index is 0.00311. The molecule has 2 heterocycles. The molecule has 2 amide bonds. The van der Waals surface area contributed by atoms with Gasteiger partial charge in [0.1, 0.15) is 11.8 Å². The Balaban J connectivity index is 1.68. The Hall–Kier alpha value is -1.30. The van der Waals surface area contributed by atoms with E-state index in [0.29, 0.717) is 15.6 Å². The van der Waals surface area contributed by atoms with E-state index in [1.54, 1.807) is 23.1 Å². The van der Waals surface area contributed by atoms with Crippen molar-refractivity contribution in [3.05, 3.63) is 33.8 Å². The molecule has 27 heavy (non-hydrogen) atoms. The van der Waals surface area contributed by atoms with E-state index in [9.17, 15) is 9.59 Å². The Morgan fingerprint density at radius 3 is 2.37 bits per heavy atom. The summed E-state index contributed by atoms with van der Waals surface area (Å²) < 4.78 is 6.18. The van der Waals surface area contributed by atoms with Crippen LogP contribution in [0.3, 0.4) is 0 Å².